The molecule has 1 aromatic rings. The number of carbonyl (C=O) groups excluding carboxylic acids is 3. The molecule has 35 heavy (non-hydrogen) atoms. The summed E-state index contributed by atoms with van der Waals surface area (Å²) in [6, 6.07) is 8.16. The van der Waals surface area contributed by atoms with Gasteiger partial charge in [-0.15, -0.1) is 0 Å². The van der Waals surface area contributed by atoms with Crippen molar-refractivity contribution in [1.82, 2.24) is 20.8 Å². The van der Waals surface area contributed by atoms with Crippen molar-refractivity contribution in [3.8, 4) is 0 Å². The van der Waals surface area contributed by atoms with Crippen molar-refractivity contribution in [3.05, 3.63) is 42.0 Å². The molecule has 1 fully saturated rings. The fourth-order valence-corrected chi connectivity index (χ4v) is 4.17. The molecule has 194 valence electrons. The minimum atomic E-state index is -1.06. The van der Waals surface area contributed by atoms with E-state index in [0.29, 0.717) is 19.4 Å². The lowest BCUT2D eigenvalue weighted by Crippen LogP contribution is -2.62. The molecular formula is C27H42N4O4. The molecule has 1 aliphatic heterocycles. The maximum absolute atomic E-state index is 13.7. The SMILES string of the molecule is CC(C)CCC(=O)N([C@@H](CC=Cc1ccccc1)C(=O)NO)N(CC(C)C)C(=O)[C@@H]1CCCCN1. The minimum absolute atomic E-state index is 0.0700. The summed E-state index contributed by atoms with van der Waals surface area (Å²) in [4.78, 5) is 40.1. The van der Waals surface area contributed by atoms with Crippen molar-refractivity contribution in [2.45, 2.75) is 78.3 Å². The molecule has 0 aliphatic carbocycles. The van der Waals surface area contributed by atoms with Crippen molar-refractivity contribution in [2.24, 2.45) is 11.8 Å². The molecule has 1 aliphatic rings. The zero-order valence-corrected chi connectivity index (χ0v) is 21.6. The van der Waals surface area contributed by atoms with Gasteiger partial charge < -0.3 is 5.32 Å². The molecule has 1 saturated heterocycles. The van der Waals surface area contributed by atoms with Gasteiger partial charge >= 0.3 is 0 Å². The Morgan fingerprint density at radius 2 is 1.83 bits per heavy atom. The van der Waals surface area contributed by atoms with E-state index in [1.165, 1.54) is 10.0 Å². The van der Waals surface area contributed by atoms with Gasteiger partial charge in [-0.25, -0.2) is 15.5 Å². The fourth-order valence-electron chi connectivity index (χ4n) is 4.17. The van der Waals surface area contributed by atoms with Gasteiger partial charge in [-0.2, -0.15) is 0 Å². The first-order valence-corrected chi connectivity index (χ1v) is 12.8. The van der Waals surface area contributed by atoms with E-state index < -0.39 is 18.0 Å². The van der Waals surface area contributed by atoms with Crippen LogP contribution < -0.4 is 10.8 Å². The van der Waals surface area contributed by atoms with Crippen molar-refractivity contribution in [2.75, 3.05) is 13.1 Å². The van der Waals surface area contributed by atoms with Crippen LogP contribution in [0.25, 0.3) is 6.08 Å². The van der Waals surface area contributed by atoms with E-state index in [4.69, 9.17) is 0 Å². The van der Waals surface area contributed by atoms with E-state index in [9.17, 15) is 19.6 Å². The summed E-state index contributed by atoms with van der Waals surface area (Å²) in [5.74, 6) is -0.873. The summed E-state index contributed by atoms with van der Waals surface area (Å²) in [6.07, 6.45) is 7.27. The number of hydrazine groups is 1. The highest BCUT2D eigenvalue weighted by Gasteiger charge is 2.38. The van der Waals surface area contributed by atoms with Gasteiger partial charge in [-0.1, -0.05) is 76.6 Å². The molecule has 8 heteroatoms. The summed E-state index contributed by atoms with van der Waals surface area (Å²) in [7, 11) is 0. The van der Waals surface area contributed by atoms with Crippen LogP contribution in [-0.4, -0.2) is 58.1 Å². The van der Waals surface area contributed by atoms with Crippen LogP contribution in [0.4, 0.5) is 0 Å². The first-order valence-electron chi connectivity index (χ1n) is 12.8. The van der Waals surface area contributed by atoms with Crippen LogP contribution in [0.15, 0.2) is 36.4 Å². The fraction of sp³-hybridized carbons (Fsp3) is 0.593. The van der Waals surface area contributed by atoms with Gasteiger partial charge in [-0.3, -0.25) is 19.6 Å². The maximum atomic E-state index is 13.7. The van der Waals surface area contributed by atoms with Crippen molar-refractivity contribution < 1.29 is 19.6 Å². The van der Waals surface area contributed by atoms with Gasteiger partial charge in [0.25, 0.3) is 11.8 Å². The Bertz CT molecular complexity index is 835. The van der Waals surface area contributed by atoms with Crippen LogP contribution >= 0.6 is 0 Å². The molecule has 8 nitrogen and oxygen atoms in total. The minimum Gasteiger partial charge on any atom is -0.306 e. The van der Waals surface area contributed by atoms with Gasteiger partial charge in [0.1, 0.15) is 6.04 Å². The predicted molar refractivity (Wildman–Crippen MR) is 137 cm³/mol. The van der Waals surface area contributed by atoms with Crippen molar-refractivity contribution in [3.63, 3.8) is 0 Å². The number of piperidine rings is 1. The quantitative estimate of drug-likeness (QED) is 0.326. The Balaban J connectivity index is 2.43. The highest BCUT2D eigenvalue weighted by atomic mass is 16.5. The summed E-state index contributed by atoms with van der Waals surface area (Å²) >= 11 is 0. The van der Waals surface area contributed by atoms with Crippen LogP contribution in [0.3, 0.4) is 0 Å². The van der Waals surface area contributed by atoms with E-state index in [2.05, 4.69) is 5.32 Å². The Morgan fingerprint density at radius 1 is 1.11 bits per heavy atom. The number of carbonyl (C=O) groups is 3. The molecule has 2 atom stereocenters. The van der Waals surface area contributed by atoms with Crippen LogP contribution in [0, 0.1) is 11.8 Å². The van der Waals surface area contributed by atoms with E-state index in [-0.39, 0.29) is 36.5 Å². The molecule has 0 spiro atoms. The molecule has 3 N–H and O–H groups in total. The number of hydrogen-bond donors (Lipinski definition) is 3. The number of nitrogens with zero attached hydrogens (tertiary/aromatic N) is 2. The summed E-state index contributed by atoms with van der Waals surface area (Å²) in [5, 5.41) is 15.6. The number of hydrogen-bond acceptors (Lipinski definition) is 5. The highest BCUT2D eigenvalue weighted by molar-refractivity contribution is 5.90. The lowest BCUT2D eigenvalue weighted by molar-refractivity contribution is -0.176. The number of nitrogens with one attached hydrogen (secondary N) is 2. The first kappa shape index (κ1) is 28.5. The van der Waals surface area contributed by atoms with Gasteiger partial charge in [-0.05, 0) is 49.6 Å². The lowest BCUT2D eigenvalue weighted by Gasteiger charge is -2.42. The molecule has 0 bridgehead atoms. The molecule has 2 rings (SSSR count). The largest absolute Gasteiger partial charge is 0.306 e. The number of benzene rings is 1. The Kier molecular flexibility index (Phi) is 11.9. The Hall–Kier alpha value is -2.71. The molecule has 0 saturated carbocycles. The third-order valence-corrected chi connectivity index (χ3v) is 6.03. The lowest BCUT2D eigenvalue weighted by atomic mass is 10.0. The van der Waals surface area contributed by atoms with E-state index in [0.717, 1.165) is 24.9 Å². The first-order chi connectivity index (χ1) is 16.7. The van der Waals surface area contributed by atoms with Crippen LogP contribution in [-0.2, 0) is 14.4 Å². The zero-order chi connectivity index (χ0) is 25.8. The van der Waals surface area contributed by atoms with Crippen LogP contribution in [0.2, 0.25) is 0 Å². The van der Waals surface area contributed by atoms with Gasteiger partial charge in [0.2, 0.25) is 5.91 Å². The number of hydroxylamine groups is 1. The molecule has 0 aromatic heterocycles. The van der Waals surface area contributed by atoms with Gasteiger partial charge in [0.15, 0.2) is 0 Å². The average molecular weight is 487 g/mol. The molecule has 3 amide bonds. The van der Waals surface area contributed by atoms with Crippen molar-refractivity contribution >= 4 is 23.8 Å². The topological polar surface area (TPSA) is 102 Å². The molecule has 0 unspecified atom stereocenters. The summed E-state index contributed by atoms with van der Waals surface area (Å²) < 4.78 is 0. The third kappa shape index (κ3) is 9.11. The van der Waals surface area contributed by atoms with E-state index in [1.807, 2.05) is 64.1 Å². The molecule has 0 radical (unpaired) electrons. The molecular weight excluding hydrogens is 444 g/mol. The smallest absolute Gasteiger partial charge is 0.268 e. The Morgan fingerprint density at radius 3 is 2.40 bits per heavy atom. The summed E-state index contributed by atoms with van der Waals surface area (Å²) in [5.41, 5.74) is 2.67. The van der Waals surface area contributed by atoms with E-state index >= 15 is 0 Å². The molecule has 1 heterocycles. The average Bonchev–Trinajstić information content (AvgIpc) is 2.86. The maximum Gasteiger partial charge on any atom is 0.268 e. The predicted octanol–water partition coefficient (Wildman–Crippen LogP) is 3.77. The third-order valence-electron chi connectivity index (χ3n) is 6.03. The second kappa shape index (κ2) is 14.6. The van der Waals surface area contributed by atoms with Gasteiger partial charge in [0, 0.05) is 13.0 Å². The summed E-state index contributed by atoms with van der Waals surface area (Å²) in [6.45, 7) is 9.04. The standard InChI is InChI=1S/C27H42N4O4/c1-20(2)16-17-25(32)31(30(19-21(3)4)27(34)23-14-8-9-18-28-23)24(26(33)29-35)15-10-13-22-11-6-5-7-12-22/h5-7,10-13,20-21,23-24,28,35H,8-9,14-19H2,1-4H3,(H,29,33)/t23-,24-/m0/s1. The van der Waals surface area contributed by atoms with Crippen LogP contribution in [0.1, 0.15) is 71.8 Å². The van der Waals surface area contributed by atoms with E-state index in [1.54, 1.807) is 11.6 Å². The normalized spacial score (nSPS) is 16.9. The molecule has 1 aromatic carbocycles. The highest BCUT2D eigenvalue weighted by Crippen LogP contribution is 2.20. The second-order valence-electron chi connectivity index (χ2n) is 10.0. The van der Waals surface area contributed by atoms with Crippen LogP contribution in [0.5, 0.6) is 0 Å². The number of amides is 3. The number of rotatable bonds is 11. The Labute approximate surface area is 209 Å². The zero-order valence-electron chi connectivity index (χ0n) is 21.6. The van der Waals surface area contributed by atoms with Gasteiger partial charge in [0.05, 0.1) is 6.04 Å². The van der Waals surface area contributed by atoms with Crippen molar-refractivity contribution in [1.29, 1.82) is 0 Å². The second-order valence-corrected chi connectivity index (χ2v) is 10.0. The monoisotopic (exact) mass is 486 g/mol.